The van der Waals surface area contributed by atoms with Crippen molar-refractivity contribution >= 4 is 5.91 Å². The van der Waals surface area contributed by atoms with Crippen LogP contribution in [0.15, 0.2) is 0 Å². The van der Waals surface area contributed by atoms with Crippen LogP contribution in [0.25, 0.3) is 0 Å². The molecule has 2 rings (SSSR count). The molecule has 5 heteroatoms. The molecule has 1 atom stereocenters. The highest BCUT2D eigenvalue weighted by molar-refractivity contribution is 5.78. The highest BCUT2D eigenvalue weighted by Crippen LogP contribution is 2.10. The second kappa shape index (κ2) is 7.07. The molecule has 0 bridgehead atoms. The number of ether oxygens (including phenoxy) is 1. The van der Waals surface area contributed by atoms with Crippen molar-refractivity contribution in [3.8, 4) is 0 Å². The van der Waals surface area contributed by atoms with Gasteiger partial charge in [-0.1, -0.05) is 6.92 Å². The van der Waals surface area contributed by atoms with Crippen LogP contribution in [0, 0.1) is 0 Å². The van der Waals surface area contributed by atoms with E-state index in [1.54, 1.807) is 0 Å². The SMILES string of the molecule is CCC1COCCN1CC(=O)N1CCCNCC1. The number of carbonyl (C=O) groups excluding carboxylic acids is 1. The lowest BCUT2D eigenvalue weighted by Crippen LogP contribution is -2.50. The fourth-order valence-electron chi connectivity index (χ4n) is 2.64. The van der Waals surface area contributed by atoms with Gasteiger partial charge in [0.2, 0.25) is 5.91 Å². The number of rotatable bonds is 3. The van der Waals surface area contributed by atoms with Crippen molar-refractivity contribution < 1.29 is 9.53 Å². The normalized spacial score (nSPS) is 26.9. The van der Waals surface area contributed by atoms with Gasteiger partial charge in [-0.2, -0.15) is 0 Å². The zero-order chi connectivity index (χ0) is 12.8. The minimum absolute atomic E-state index is 0.277. The third-order valence-corrected chi connectivity index (χ3v) is 3.85. The molecular formula is C13H25N3O2. The van der Waals surface area contributed by atoms with Crippen LogP contribution in [0.5, 0.6) is 0 Å². The molecule has 2 heterocycles. The predicted molar refractivity (Wildman–Crippen MR) is 70.5 cm³/mol. The molecule has 2 saturated heterocycles. The summed E-state index contributed by atoms with van der Waals surface area (Å²) in [6, 6.07) is 0.410. The van der Waals surface area contributed by atoms with Gasteiger partial charge in [0.05, 0.1) is 19.8 Å². The predicted octanol–water partition coefficient (Wildman–Crippen LogP) is -0.0809. The molecule has 2 fully saturated rings. The first-order chi connectivity index (χ1) is 8.81. The molecule has 0 aliphatic carbocycles. The van der Waals surface area contributed by atoms with Crippen LogP contribution in [0.2, 0.25) is 0 Å². The van der Waals surface area contributed by atoms with E-state index in [1.165, 1.54) is 0 Å². The van der Waals surface area contributed by atoms with Gasteiger partial charge in [0.15, 0.2) is 0 Å². The van der Waals surface area contributed by atoms with E-state index in [-0.39, 0.29) is 5.91 Å². The summed E-state index contributed by atoms with van der Waals surface area (Å²) in [7, 11) is 0. The van der Waals surface area contributed by atoms with Gasteiger partial charge in [0, 0.05) is 32.2 Å². The highest BCUT2D eigenvalue weighted by atomic mass is 16.5. The van der Waals surface area contributed by atoms with Crippen molar-refractivity contribution in [2.24, 2.45) is 0 Å². The summed E-state index contributed by atoms with van der Waals surface area (Å²) in [5.74, 6) is 0.277. The molecule has 0 aromatic carbocycles. The van der Waals surface area contributed by atoms with Crippen molar-refractivity contribution in [1.29, 1.82) is 0 Å². The highest BCUT2D eigenvalue weighted by Gasteiger charge is 2.25. The zero-order valence-corrected chi connectivity index (χ0v) is 11.4. The van der Waals surface area contributed by atoms with Crippen molar-refractivity contribution in [2.45, 2.75) is 25.8 Å². The number of carbonyl (C=O) groups is 1. The van der Waals surface area contributed by atoms with Crippen molar-refractivity contribution in [1.82, 2.24) is 15.1 Å². The zero-order valence-electron chi connectivity index (χ0n) is 11.4. The van der Waals surface area contributed by atoms with Crippen LogP contribution in [0.4, 0.5) is 0 Å². The van der Waals surface area contributed by atoms with Gasteiger partial charge in [-0.15, -0.1) is 0 Å². The number of nitrogens with zero attached hydrogens (tertiary/aromatic N) is 2. The summed E-state index contributed by atoms with van der Waals surface area (Å²) in [5.41, 5.74) is 0. The number of morpholine rings is 1. The van der Waals surface area contributed by atoms with Gasteiger partial charge in [-0.3, -0.25) is 9.69 Å². The smallest absolute Gasteiger partial charge is 0.236 e. The number of nitrogens with one attached hydrogen (secondary N) is 1. The monoisotopic (exact) mass is 255 g/mol. The topological polar surface area (TPSA) is 44.8 Å². The third-order valence-electron chi connectivity index (χ3n) is 3.85. The Labute approximate surface area is 109 Å². The molecule has 2 aliphatic heterocycles. The second-order valence-corrected chi connectivity index (χ2v) is 5.09. The summed E-state index contributed by atoms with van der Waals surface area (Å²) in [4.78, 5) is 16.6. The third kappa shape index (κ3) is 3.67. The van der Waals surface area contributed by atoms with Crippen LogP contribution < -0.4 is 5.32 Å². The van der Waals surface area contributed by atoms with E-state index in [1.807, 2.05) is 4.90 Å². The fourth-order valence-corrected chi connectivity index (χ4v) is 2.64. The van der Waals surface area contributed by atoms with Crippen molar-refractivity contribution in [2.75, 3.05) is 52.5 Å². The standard InChI is InChI=1S/C13H25N3O2/c1-2-12-11-18-9-8-16(12)10-13(17)15-6-3-4-14-5-7-15/h12,14H,2-11H2,1H3. The first-order valence-corrected chi connectivity index (χ1v) is 7.11. The number of amides is 1. The van der Waals surface area contributed by atoms with Gasteiger partial charge in [0.25, 0.3) is 0 Å². The largest absolute Gasteiger partial charge is 0.378 e. The summed E-state index contributed by atoms with van der Waals surface area (Å²) >= 11 is 0. The lowest BCUT2D eigenvalue weighted by molar-refractivity contribution is -0.134. The Morgan fingerprint density at radius 1 is 1.33 bits per heavy atom. The Morgan fingerprint density at radius 3 is 3.06 bits per heavy atom. The minimum Gasteiger partial charge on any atom is -0.378 e. The van der Waals surface area contributed by atoms with Crippen molar-refractivity contribution in [3.05, 3.63) is 0 Å². The second-order valence-electron chi connectivity index (χ2n) is 5.09. The molecule has 1 amide bonds. The molecule has 0 saturated carbocycles. The lowest BCUT2D eigenvalue weighted by atomic mass is 10.1. The number of hydrogen-bond acceptors (Lipinski definition) is 4. The van der Waals surface area contributed by atoms with E-state index in [0.717, 1.165) is 58.8 Å². The average Bonchev–Trinajstić information content (AvgIpc) is 2.68. The van der Waals surface area contributed by atoms with Gasteiger partial charge in [0.1, 0.15) is 0 Å². The average molecular weight is 255 g/mol. The molecule has 2 aliphatic rings. The Hall–Kier alpha value is -0.650. The van der Waals surface area contributed by atoms with Crippen LogP contribution >= 0.6 is 0 Å². The quantitative estimate of drug-likeness (QED) is 0.766. The molecule has 1 N–H and O–H groups in total. The van der Waals surface area contributed by atoms with E-state index in [4.69, 9.17) is 4.74 Å². The Kier molecular flexibility index (Phi) is 5.41. The van der Waals surface area contributed by atoms with Gasteiger partial charge < -0.3 is 15.0 Å². The summed E-state index contributed by atoms with van der Waals surface area (Å²) < 4.78 is 5.47. The molecule has 0 aromatic rings. The first kappa shape index (κ1) is 13.8. The Morgan fingerprint density at radius 2 is 2.22 bits per heavy atom. The minimum atomic E-state index is 0.277. The summed E-state index contributed by atoms with van der Waals surface area (Å²) in [5, 5.41) is 3.33. The van der Waals surface area contributed by atoms with E-state index in [0.29, 0.717) is 12.6 Å². The molecule has 0 radical (unpaired) electrons. The van der Waals surface area contributed by atoms with Crippen LogP contribution in [0.3, 0.4) is 0 Å². The van der Waals surface area contributed by atoms with Gasteiger partial charge in [-0.25, -0.2) is 0 Å². The van der Waals surface area contributed by atoms with E-state index in [2.05, 4.69) is 17.1 Å². The number of hydrogen-bond donors (Lipinski definition) is 1. The Bertz CT molecular complexity index is 265. The van der Waals surface area contributed by atoms with Gasteiger partial charge in [-0.05, 0) is 19.4 Å². The van der Waals surface area contributed by atoms with Crippen LogP contribution in [-0.2, 0) is 9.53 Å². The molecule has 0 spiro atoms. The molecule has 0 aromatic heterocycles. The maximum absolute atomic E-state index is 12.3. The fraction of sp³-hybridized carbons (Fsp3) is 0.923. The van der Waals surface area contributed by atoms with Crippen LogP contribution in [0.1, 0.15) is 19.8 Å². The van der Waals surface area contributed by atoms with E-state index >= 15 is 0 Å². The molecule has 18 heavy (non-hydrogen) atoms. The molecule has 5 nitrogen and oxygen atoms in total. The summed E-state index contributed by atoms with van der Waals surface area (Å²) in [6.07, 6.45) is 2.11. The lowest BCUT2D eigenvalue weighted by Gasteiger charge is -2.35. The van der Waals surface area contributed by atoms with Gasteiger partial charge >= 0.3 is 0 Å². The maximum atomic E-state index is 12.3. The van der Waals surface area contributed by atoms with Crippen molar-refractivity contribution in [3.63, 3.8) is 0 Å². The molecular weight excluding hydrogens is 230 g/mol. The molecule has 1 unspecified atom stereocenters. The Balaban J connectivity index is 1.84. The van der Waals surface area contributed by atoms with E-state index < -0.39 is 0 Å². The maximum Gasteiger partial charge on any atom is 0.236 e. The first-order valence-electron chi connectivity index (χ1n) is 7.11. The van der Waals surface area contributed by atoms with Crippen LogP contribution in [-0.4, -0.2) is 74.2 Å². The molecule has 104 valence electrons. The summed E-state index contributed by atoms with van der Waals surface area (Å²) in [6.45, 7) is 8.82. The van der Waals surface area contributed by atoms with E-state index in [9.17, 15) is 4.79 Å².